The summed E-state index contributed by atoms with van der Waals surface area (Å²) < 4.78 is 7.04. The third-order valence-electron chi connectivity index (χ3n) is 4.86. The topological polar surface area (TPSA) is 29.5 Å². The maximum absolute atomic E-state index is 9.79. The van der Waals surface area contributed by atoms with Gasteiger partial charge in [-0.05, 0) is 31.4 Å². The summed E-state index contributed by atoms with van der Waals surface area (Å²) in [7, 11) is 0. The molecular weight excluding hydrogens is 378 g/mol. The van der Waals surface area contributed by atoms with Crippen molar-refractivity contribution in [2.45, 2.75) is 65.7 Å². The van der Waals surface area contributed by atoms with E-state index in [4.69, 9.17) is 4.74 Å². The number of phenols is 1. The van der Waals surface area contributed by atoms with Crippen molar-refractivity contribution in [3.05, 3.63) is 24.3 Å². The zero-order valence-electron chi connectivity index (χ0n) is 16.5. The van der Waals surface area contributed by atoms with E-state index in [1.807, 2.05) is 18.2 Å². The third-order valence-corrected chi connectivity index (χ3v) is 4.86. The highest BCUT2D eigenvalue weighted by Crippen LogP contribution is 2.24. The van der Waals surface area contributed by atoms with Crippen molar-refractivity contribution in [1.29, 1.82) is 0 Å². The van der Waals surface area contributed by atoms with E-state index >= 15 is 0 Å². The van der Waals surface area contributed by atoms with E-state index in [2.05, 4.69) is 20.8 Å². The summed E-state index contributed by atoms with van der Waals surface area (Å²) in [6.07, 6.45) is 8.80. The van der Waals surface area contributed by atoms with Crippen molar-refractivity contribution in [3.63, 3.8) is 0 Å². The summed E-state index contributed by atoms with van der Waals surface area (Å²) >= 11 is 0. The van der Waals surface area contributed by atoms with Gasteiger partial charge in [0.1, 0.15) is 0 Å². The van der Waals surface area contributed by atoms with Gasteiger partial charge in [-0.3, -0.25) is 0 Å². The number of phenolic OH excluding ortho intramolecular Hbond substituents is 1. The van der Waals surface area contributed by atoms with Crippen molar-refractivity contribution < 1.29 is 31.3 Å². The summed E-state index contributed by atoms with van der Waals surface area (Å²) in [6.45, 7) is 12.6. The highest BCUT2D eigenvalue weighted by molar-refractivity contribution is 5.37. The molecule has 0 atom stereocenters. The summed E-state index contributed by atoms with van der Waals surface area (Å²) in [6, 6.07) is 7.24. The Morgan fingerprint density at radius 1 is 0.800 bits per heavy atom. The lowest BCUT2D eigenvalue weighted by molar-refractivity contribution is -0.929. The predicted octanol–water partition coefficient (Wildman–Crippen LogP) is 2.38. The molecule has 0 aliphatic heterocycles. The van der Waals surface area contributed by atoms with Gasteiger partial charge >= 0.3 is 0 Å². The van der Waals surface area contributed by atoms with Crippen LogP contribution < -0.4 is 21.7 Å². The molecule has 25 heavy (non-hydrogen) atoms. The van der Waals surface area contributed by atoms with Gasteiger partial charge in [0.2, 0.25) is 0 Å². The average Bonchev–Trinajstić information content (AvgIpc) is 2.61. The third kappa shape index (κ3) is 9.50. The molecule has 0 saturated carbocycles. The number of aromatic hydroxyl groups is 1. The van der Waals surface area contributed by atoms with Crippen molar-refractivity contribution in [2.75, 3.05) is 32.8 Å². The lowest BCUT2D eigenvalue weighted by atomic mass is 10.1. The van der Waals surface area contributed by atoms with Gasteiger partial charge in [-0.25, -0.2) is 0 Å². The molecule has 1 N–H and O–H groups in total. The van der Waals surface area contributed by atoms with Crippen LogP contribution >= 0.6 is 0 Å². The molecule has 0 spiro atoms. The number of para-hydroxylation sites is 2. The van der Waals surface area contributed by atoms with Gasteiger partial charge in [0.05, 0.1) is 32.8 Å². The van der Waals surface area contributed by atoms with Crippen LogP contribution in [0.1, 0.15) is 65.7 Å². The van der Waals surface area contributed by atoms with Crippen LogP contribution in [0.15, 0.2) is 24.3 Å². The smallest absolute Gasteiger partial charge is 0.160 e. The van der Waals surface area contributed by atoms with Crippen LogP contribution in [-0.2, 0) is 0 Å². The highest BCUT2D eigenvalue weighted by Gasteiger charge is 2.25. The fourth-order valence-corrected chi connectivity index (χ4v) is 3.31. The Labute approximate surface area is 165 Å². The zero-order chi connectivity index (χ0) is 17.7. The minimum absolute atomic E-state index is 0. The quantitative estimate of drug-likeness (QED) is 0.373. The molecule has 1 rings (SSSR count). The van der Waals surface area contributed by atoms with Gasteiger partial charge in [-0.15, -0.1) is 0 Å². The molecule has 1 aromatic rings. The van der Waals surface area contributed by atoms with Gasteiger partial charge in [-0.1, -0.05) is 52.2 Å². The molecule has 0 unspecified atom stereocenters. The van der Waals surface area contributed by atoms with Gasteiger partial charge in [0.25, 0.3) is 0 Å². The van der Waals surface area contributed by atoms with Crippen LogP contribution in [0.3, 0.4) is 0 Å². The molecule has 0 fully saturated rings. The van der Waals surface area contributed by atoms with Crippen LogP contribution in [0.2, 0.25) is 0 Å². The van der Waals surface area contributed by atoms with E-state index in [0.29, 0.717) is 12.4 Å². The van der Waals surface area contributed by atoms with Crippen molar-refractivity contribution >= 4 is 0 Å². The minimum Gasteiger partial charge on any atom is -1.00 e. The second-order valence-electron chi connectivity index (χ2n) is 6.97. The number of rotatable bonds is 14. The van der Waals surface area contributed by atoms with E-state index in [1.165, 1.54) is 69.2 Å². The van der Waals surface area contributed by atoms with Crippen LogP contribution in [0.5, 0.6) is 11.5 Å². The number of ether oxygens (including phenoxy) is 1. The molecule has 0 radical (unpaired) electrons. The molecule has 0 bridgehead atoms. The number of hydrogen-bond acceptors (Lipinski definition) is 2. The lowest BCUT2D eigenvalue weighted by Gasteiger charge is -2.39. The summed E-state index contributed by atoms with van der Waals surface area (Å²) in [5, 5.41) is 9.79. The van der Waals surface area contributed by atoms with Crippen molar-refractivity contribution in [1.82, 2.24) is 0 Å². The fourth-order valence-electron chi connectivity index (χ4n) is 3.31. The molecule has 3 nitrogen and oxygen atoms in total. The Balaban J connectivity index is 0.00000576. The molecule has 4 heteroatoms. The van der Waals surface area contributed by atoms with Crippen molar-refractivity contribution in [3.8, 4) is 11.5 Å². The summed E-state index contributed by atoms with van der Waals surface area (Å²) in [5.41, 5.74) is 0. The Morgan fingerprint density at radius 3 is 1.76 bits per heavy atom. The molecule has 146 valence electrons. The minimum atomic E-state index is 0. The van der Waals surface area contributed by atoms with E-state index in [1.54, 1.807) is 6.07 Å². The van der Waals surface area contributed by atoms with E-state index in [0.717, 1.165) is 6.42 Å². The number of benzene rings is 1. The predicted molar refractivity (Wildman–Crippen MR) is 103 cm³/mol. The second-order valence-corrected chi connectivity index (χ2v) is 6.97. The fraction of sp³-hybridized carbons (Fsp3) is 0.714. The van der Waals surface area contributed by atoms with Crippen molar-refractivity contribution in [2.24, 2.45) is 0 Å². The molecule has 0 aliphatic rings. The second kappa shape index (κ2) is 14.4. The molecular formula is C21H38BrNO2. The lowest BCUT2D eigenvalue weighted by Crippen LogP contribution is -3.00. The van der Waals surface area contributed by atoms with Crippen LogP contribution in [0.25, 0.3) is 0 Å². The SMILES string of the molecule is CCCC[N+](CCCC)(CCCC)CCCOc1ccccc1O.[Br-]. The summed E-state index contributed by atoms with van der Waals surface area (Å²) in [4.78, 5) is 0. The first kappa shape index (κ1) is 24.3. The number of quaternary nitrogens is 1. The average molecular weight is 416 g/mol. The van der Waals surface area contributed by atoms with Gasteiger partial charge in [0.15, 0.2) is 11.5 Å². The first-order valence-corrected chi connectivity index (χ1v) is 9.93. The van der Waals surface area contributed by atoms with Gasteiger partial charge < -0.3 is 31.3 Å². The monoisotopic (exact) mass is 415 g/mol. The maximum Gasteiger partial charge on any atom is 0.160 e. The molecule has 1 aromatic carbocycles. The number of unbranched alkanes of at least 4 members (excludes halogenated alkanes) is 3. The Kier molecular flexibility index (Phi) is 14.0. The summed E-state index contributed by atoms with van der Waals surface area (Å²) in [5.74, 6) is 0.840. The maximum atomic E-state index is 9.79. The Bertz CT molecular complexity index is 418. The van der Waals surface area contributed by atoms with Gasteiger partial charge in [0, 0.05) is 6.42 Å². The molecule has 0 aliphatic carbocycles. The van der Waals surface area contributed by atoms with Gasteiger partial charge in [-0.2, -0.15) is 0 Å². The first-order chi connectivity index (χ1) is 11.7. The Hall–Kier alpha value is -0.740. The van der Waals surface area contributed by atoms with Crippen LogP contribution in [0, 0.1) is 0 Å². The van der Waals surface area contributed by atoms with Crippen LogP contribution in [-0.4, -0.2) is 42.4 Å². The first-order valence-electron chi connectivity index (χ1n) is 9.93. The normalized spacial score (nSPS) is 11.2. The largest absolute Gasteiger partial charge is 1.00 e. The molecule has 0 amide bonds. The van der Waals surface area contributed by atoms with E-state index in [9.17, 15) is 5.11 Å². The Morgan fingerprint density at radius 2 is 1.28 bits per heavy atom. The molecule has 0 aromatic heterocycles. The van der Waals surface area contributed by atoms with E-state index < -0.39 is 0 Å². The zero-order valence-corrected chi connectivity index (χ0v) is 18.1. The van der Waals surface area contributed by atoms with Crippen LogP contribution in [0.4, 0.5) is 0 Å². The standard InChI is InChI=1S/C21H37NO2.BrH/c1-4-7-15-22(16-8-5-2,17-9-6-3)18-12-19-24-21-14-11-10-13-20(21)23;/h10-11,13-14H,4-9,12,15-19H2,1-3H3;1H. The molecule has 0 saturated heterocycles. The van der Waals surface area contributed by atoms with E-state index in [-0.39, 0.29) is 22.7 Å². The number of hydrogen-bond donors (Lipinski definition) is 1. The number of halogens is 1. The highest BCUT2D eigenvalue weighted by atomic mass is 79.9. The number of nitrogens with zero attached hydrogens (tertiary/aromatic N) is 1. The molecule has 0 heterocycles.